The van der Waals surface area contributed by atoms with Gasteiger partial charge in [0, 0.05) is 21.5 Å². The minimum Gasteiger partial charge on any atom is -0.309 e. The number of hydrogen-bond acceptors (Lipinski definition) is 0. The Morgan fingerprint density at radius 1 is 0.469 bits per heavy atom. The Labute approximate surface area is 192 Å². The highest BCUT2D eigenvalue weighted by atomic mass is 35.5. The number of benzene rings is 5. The minimum atomic E-state index is 0.744. The van der Waals surface area contributed by atoms with Crippen LogP contribution in [-0.2, 0) is 0 Å². The smallest absolute Gasteiger partial charge is 0.0541 e. The van der Waals surface area contributed by atoms with Crippen LogP contribution in [0.3, 0.4) is 0 Å². The second-order valence-electron chi connectivity index (χ2n) is 7.97. The van der Waals surface area contributed by atoms with Crippen LogP contribution in [-0.4, -0.2) is 4.57 Å². The molecule has 6 rings (SSSR count). The lowest BCUT2D eigenvalue weighted by atomic mass is 9.94. The van der Waals surface area contributed by atoms with Crippen LogP contribution < -0.4 is 0 Å². The van der Waals surface area contributed by atoms with Gasteiger partial charge in [-0.3, -0.25) is 0 Å². The van der Waals surface area contributed by atoms with Crippen molar-refractivity contribution in [3.8, 4) is 27.9 Å². The molecule has 1 heterocycles. The molecule has 0 saturated heterocycles. The SMILES string of the molecule is Clc1ccc(-c2cc(-n3c4ccccc4c4ccccc43)ccc2-c2ccccc2)cc1. The van der Waals surface area contributed by atoms with Crippen molar-refractivity contribution in [3.05, 3.63) is 126 Å². The first-order valence-electron chi connectivity index (χ1n) is 10.7. The van der Waals surface area contributed by atoms with Crippen molar-refractivity contribution in [1.82, 2.24) is 4.57 Å². The maximum atomic E-state index is 6.20. The summed E-state index contributed by atoms with van der Waals surface area (Å²) in [5.74, 6) is 0. The lowest BCUT2D eigenvalue weighted by Crippen LogP contribution is -1.96. The van der Waals surface area contributed by atoms with E-state index in [0.29, 0.717) is 0 Å². The summed E-state index contributed by atoms with van der Waals surface area (Å²) < 4.78 is 2.36. The monoisotopic (exact) mass is 429 g/mol. The van der Waals surface area contributed by atoms with Crippen LogP contribution in [0.15, 0.2) is 121 Å². The predicted molar refractivity (Wildman–Crippen MR) is 137 cm³/mol. The number of rotatable bonds is 3. The number of hydrogen-bond donors (Lipinski definition) is 0. The minimum absolute atomic E-state index is 0.744. The summed E-state index contributed by atoms with van der Waals surface area (Å²) in [6.45, 7) is 0. The van der Waals surface area contributed by atoms with Gasteiger partial charge in [0.05, 0.1) is 11.0 Å². The molecule has 0 fully saturated rings. The van der Waals surface area contributed by atoms with Gasteiger partial charge in [-0.15, -0.1) is 0 Å². The van der Waals surface area contributed by atoms with Gasteiger partial charge >= 0.3 is 0 Å². The standard InChI is InChI=1S/C30H20ClN/c31-23-16-14-22(15-17-23)28-20-24(18-19-25(28)21-8-2-1-3-9-21)32-29-12-6-4-10-26(29)27-11-5-7-13-30(27)32/h1-20H. The molecular weight excluding hydrogens is 410 g/mol. The molecule has 0 radical (unpaired) electrons. The normalized spacial score (nSPS) is 11.3. The molecular formula is C30H20ClN. The molecule has 0 aliphatic heterocycles. The average Bonchev–Trinajstić information content (AvgIpc) is 3.19. The molecule has 0 aliphatic carbocycles. The molecule has 0 atom stereocenters. The van der Waals surface area contributed by atoms with E-state index in [2.05, 4.69) is 114 Å². The van der Waals surface area contributed by atoms with Gasteiger partial charge in [0.2, 0.25) is 0 Å². The molecule has 6 aromatic rings. The third-order valence-electron chi connectivity index (χ3n) is 6.08. The topological polar surface area (TPSA) is 4.93 Å². The van der Waals surface area contributed by atoms with Gasteiger partial charge in [-0.25, -0.2) is 0 Å². The van der Waals surface area contributed by atoms with Gasteiger partial charge < -0.3 is 4.57 Å². The summed E-state index contributed by atoms with van der Waals surface area (Å²) in [5.41, 5.74) is 8.31. The van der Waals surface area contributed by atoms with E-state index in [-0.39, 0.29) is 0 Å². The van der Waals surface area contributed by atoms with Crippen LogP contribution in [0.2, 0.25) is 5.02 Å². The molecule has 0 aliphatic rings. The van der Waals surface area contributed by atoms with Gasteiger partial charge in [0.25, 0.3) is 0 Å². The largest absolute Gasteiger partial charge is 0.309 e. The Balaban J connectivity index is 1.65. The van der Waals surface area contributed by atoms with Crippen molar-refractivity contribution in [3.63, 3.8) is 0 Å². The summed E-state index contributed by atoms with van der Waals surface area (Å²) >= 11 is 6.20. The first-order chi connectivity index (χ1) is 15.8. The van der Waals surface area contributed by atoms with Crippen molar-refractivity contribution in [1.29, 1.82) is 0 Å². The molecule has 0 bridgehead atoms. The summed E-state index contributed by atoms with van der Waals surface area (Å²) in [4.78, 5) is 0. The van der Waals surface area contributed by atoms with Crippen molar-refractivity contribution >= 4 is 33.4 Å². The highest BCUT2D eigenvalue weighted by Crippen LogP contribution is 2.37. The summed E-state index contributed by atoms with van der Waals surface area (Å²) in [6, 6.07) is 42.6. The van der Waals surface area contributed by atoms with Gasteiger partial charge in [-0.1, -0.05) is 96.5 Å². The fourth-order valence-electron chi connectivity index (χ4n) is 4.61. The molecule has 32 heavy (non-hydrogen) atoms. The van der Waals surface area contributed by atoms with Gasteiger partial charge in [-0.2, -0.15) is 0 Å². The number of halogens is 1. The maximum Gasteiger partial charge on any atom is 0.0541 e. The highest BCUT2D eigenvalue weighted by molar-refractivity contribution is 6.30. The Bertz CT molecular complexity index is 1510. The first kappa shape index (κ1) is 18.9. The predicted octanol–water partition coefficient (Wildman–Crippen LogP) is 8.77. The second kappa shape index (κ2) is 7.71. The molecule has 0 unspecified atom stereocenters. The average molecular weight is 430 g/mol. The molecule has 0 spiro atoms. The molecule has 2 heteroatoms. The molecule has 0 saturated carbocycles. The first-order valence-corrected chi connectivity index (χ1v) is 11.1. The van der Waals surface area contributed by atoms with E-state index in [1.807, 2.05) is 12.1 Å². The van der Waals surface area contributed by atoms with E-state index in [4.69, 9.17) is 11.6 Å². The fourth-order valence-corrected chi connectivity index (χ4v) is 4.74. The van der Waals surface area contributed by atoms with Crippen LogP contribution in [0.1, 0.15) is 0 Å². The number of aromatic nitrogens is 1. The van der Waals surface area contributed by atoms with E-state index in [1.54, 1.807) is 0 Å². The second-order valence-corrected chi connectivity index (χ2v) is 8.41. The molecule has 0 N–H and O–H groups in total. The van der Waals surface area contributed by atoms with Crippen LogP contribution >= 0.6 is 11.6 Å². The molecule has 5 aromatic carbocycles. The maximum absolute atomic E-state index is 6.20. The summed E-state index contributed by atoms with van der Waals surface area (Å²) in [7, 11) is 0. The quantitative estimate of drug-likeness (QED) is 0.265. The molecule has 152 valence electrons. The van der Waals surface area contributed by atoms with E-state index in [1.165, 1.54) is 38.5 Å². The van der Waals surface area contributed by atoms with E-state index < -0.39 is 0 Å². The Kier molecular flexibility index (Phi) is 4.56. The zero-order chi connectivity index (χ0) is 21.5. The number of fused-ring (bicyclic) bond motifs is 3. The third kappa shape index (κ3) is 3.10. The number of nitrogens with zero attached hydrogens (tertiary/aromatic N) is 1. The van der Waals surface area contributed by atoms with Crippen molar-refractivity contribution in [2.75, 3.05) is 0 Å². The molecule has 1 aromatic heterocycles. The van der Waals surface area contributed by atoms with Crippen LogP contribution in [0.4, 0.5) is 0 Å². The van der Waals surface area contributed by atoms with Crippen LogP contribution in [0, 0.1) is 0 Å². The van der Waals surface area contributed by atoms with Crippen LogP contribution in [0.5, 0.6) is 0 Å². The Morgan fingerprint density at radius 2 is 1.03 bits per heavy atom. The highest BCUT2D eigenvalue weighted by Gasteiger charge is 2.14. The number of para-hydroxylation sites is 2. The molecule has 1 nitrogen and oxygen atoms in total. The van der Waals surface area contributed by atoms with E-state index in [0.717, 1.165) is 16.3 Å². The van der Waals surface area contributed by atoms with Gasteiger partial charge in [0.1, 0.15) is 0 Å². The van der Waals surface area contributed by atoms with Crippen LogP contribution in [0.25, 0.3) is 49.7 Å². The zero-order valence-corrected chi connectivity index (χ0v) is 18.1. The van der Waals surface area contributed by atoms with Gasteiger partial charge in [-0.05, 0) is 58.7 Å². The lowest BCUT2D eigenvalue weighted by molar-refractivity contribution is 1.18. The van der Waals surface area contributed by atoms with Crippen molar-refractivity contribution in [2.45, 2.75) is 0 Å². The summed E-state index contributed by atoms with van der Waals surface area (Å²) in [6.07, 6.45) is 0. The van der Waals surface area contributed by atoms with Crippen molar-refractivity contribution in [2.24, 2.45) is 0 Å². The third-order valence-corrected chi connectivity index (χ3v) is 6.33. The molecule has 0 amide bonds. The zero-order valence-electron chi connectivity index (χ0n) is 17.4. The fraction of sp³-hybridized carbons (Fsp3) is 0. The Morgan fingerprint density at radius 3 is 1.69 bits per heavy atom. The van der Waals surface area contributed by atoms with Gasteiger partial charge in [0.15, 0.2) is 0 Å². The summed E-state index contributed by atoms with van der Waals surface area (Å²) in [5, 5.41) is 3.28. The Hall–Kier alpha value is -3.81. The van der Waals surface area contributed by atoms with E-state index >= 15 is 0 Å². The van der Waals surface area contributed by atoms with Crippen molar-refractivity contribution < 1.29 is 0 Å². The lowest BCUT2D eigenvalue weighted by Gasteiger charge is -2.15. The van der Waals surface area contributed by atoms with E-state index in [9.17, 15) is 0 Å².